The molecule has 0 amide bonds. The Bertz CT molecular complexity index is 1230. The molecule has 0 radical (unpaired) electrons. The molecule has 8 heteroatoms. The normalized spacial score (nSPS) is 11.6. The second-order valence-corrected chi connectivity index (χ2v) is 7.96. The minimum absolute atomic E-state index is 0.180. The van der Waals surface area contributed by atoms with Crippen LogP contribution in [0.1, 0.15) is 23.7 Å². The molecule has 0 aliphatic rings. The molecular weight excluding hydrogens is 428 g/mol. The molecular formula is C19H17BrN4O2S. The van der Waals surface area contributed by atoms with Crippen LogP contribution in [0.25, 0.3) is 26.1 Å². The maximum Gasteiger partial charge on any atom is 0.292 e. The molecule has 1 aromatic carbocycles. The van der Waals surface area contributed by atoms with E-state index >= 15 is 0 Å². The third-order valence-corrected chi connectivity index (χ3v) is 6.64. The highest BCUT2D eigenvalue weighted by Crippen LogP contribution is 2.36. The smallest absolute Gasteiger partial charge is 0.292 e. The van der Waals surface area contributed by atoms with Crippen molar-refractivity contribution in [3.63, 3.8) is 0 Å². The number of pyridine rings is 1. The number of ether oxygens (including phenoxy) is 1. The van der Waals surface area contributed by atoms with Crippen molar-refractivity contribution in [3.05, 3.63) is 55.9 Å². The first-order valence-electron chi connectivity index (χ1n) is 8.51. The molecule has 27 heavy (non-hydrogen) atoms. The molecule has 0 saturated heterocycles. The summed E-state index contributed by atoms with van der Waals surface area (Å²) in [7, 11) is 1.64. The van der Waals surface area contributed by atoms with Crippen molar-refractivity contribution < 1.29 is 4.74 Å². The summed E-state index contributed by atoms with van der Waals surface area (Å²) in [6.45, 7) is 4.38. The van der Waals surface area contributed by atoms with Gasteiger partial charge in [-0.25, -0.2) is 4.98 Å². The average molecular weight is 445 g/mol. The number of halogens is 1. The zero-order valence-electron chi connectivity index (χ0n) is 15.1. The summed E-state index contributed by atoms with van der Waals surface area (Å²) >= 11 is 4.94. The van der Waals surface area contributed by atoms with Gasteiger partial charge in [0.2, 0.25) is 0 Å². The lowest BCUT2D eigenvalue weighted by atomic mass is 10.1. The van der Waals surface area contributed by atoms with E-state index in [1.807, 2.05) is 31.2 Å². The van der Waals surface area contributed by atoms with Gasteiger partial charge in [-0.2, -0.15) is 4.68 Å². The lowest BCUT2D eigenvalue weighted by Crippen LogP contribution is -2.22. The zero-order chi connectivity index (χ0) is 19.1. The van der Waals surface area contributed by atoms with Crippen LogP contribution in [0.2, 0.25) is 0 Å². The first-order chi connectivity index (χ1) is 13.1. The summed E-state index contributed by atoms with van der Waals surface area (Å²) in [6.07, 6.45) is 0.806. The van der Waals surface area contributed by atoms with Crippen molar-refractivity contribution in [1.82, 2.24) is 20.0 Å². The van der Waals surface area contributed by atoms with Crippen molar-refractivity contribution in [2.24, 2.45) is 0 Å². The summed E-state index contributed by atoms with van der Waals surface area (Å²) in [4.78, 5) is 18.6. The van der Waals surface area contributed by atoms with Gasteiger partial charge in [-0.3, -0.25) is 4.79 Å². The molecule has 0 unspecified atom stereocenters. The van der Waals surface area contributed by atoms with Gasteiger partial charge in [0.25, 0.3) is 5.56 Å². The molecule has 0 spiro atoms. The second-order valence-electron chi connectivity index (χ2n) is 6.17. The van der Waals surface area contributed by atoms with Crippen LogP contribution in [-0.4, -0.2) is 27.1 Å². The third-order valence-electron chi connectivity index (χ3n) is 4.53. The fraction of sp³-hybridized carbons (Fsp3) is 0.263. The van der Waals surface area contributed by atoms with E-state index in [2.05, 4.69) is 38.1 Å². The summed E-state index contributed by atoms with van der Waals surface area (Å²) < 4.78 is 8.17. The molecule has 0 saturated carbocycles. The Morgan fingerprint density at radius 3 is 2.81 bits per heavy atom. The van der Waals surface area contributed by atoms with Crippen LogP contribution in [0, 0.1) is 6.92 Å². The molecule has 138 valence electrons. The molecule has 0 N–H and O–H groups in total. The number of hydrogen-bond acceptors (Lipinski definition) is 6. The molecule has 0 fully saturated rings. The maximum absolute atomic E-state index is 13.2. The number of thiophene rings is 1. The van der Waals surface area contributed by atoms with Crippen LogP contribution < -0.4 is 5.56 Å². The number of nitrogens with zero attached hydrogens (tertiary/aromatic N) is 4. The molecule has 3 heterocycles. The van der Waals surface area contributed by atoms with Crippen molar-refractivity contribution in [2.45, 2.75) is 26.9 Å². The fourth-order valence-corrected chi connectivity index (χ4v) is 4.72. The van der Waals surface area contributed by atoms with Gasteiger partial charge >= 0.3 is 0 Å². The van der Waals surface area contributed by atoms with Crippen LogP contribution in [0.4, 0.5) is 0 Å². The first kappa shape index (κ1) is 18.2. The number of hydrogen-bond donors (Lipinski definition) is 0. The van der Waals surface area contributed by atoms with E-state index in [4.69, 9.17) is 4.74 Å². The quantitative estimate of drug-likeness (QED) is 0.472. The molecule has 0 aliphatic carbocycles. The van der Waals surface area contributed by atoms with E-state index in [-0.39, 0.29) is 5.56 Å². The number of para-hydroxylation sites is 1. The van der Waals surface area contributed by atoms with Crippen molar-refractivity contribution in [3.8, 4) is 5.69 Å². The Kier molecular flexibility index (Phi) is 4.79. The van der Waals surface area contributed by atoms with Gasteiger partial charge in [-0.1, -0.05) is 30.3 Å². The van der Waals surface area contributed by atoms with Gasteiger partial charge in [0.1, 0.15) is 15.0 Å². The van der Waals surface area contributed by atoms with Crippen LogP contribution in [0.3, 0.4) is 0 Å². The summed E-state index contributed by atoms with van der Waals surface area (Å²) in [5.74, 6) is 0. The van der Waals surface area contributed by atoms with Crippen LogP contribution >= 0.6 is 27.3 Å². The summed E-state index contributed by atoms with van der Waals surface area (Å²) in [5.41, 5.74) is 3.99. The third kappa shape index (κ3) is 2.88. The van der Waals surface area contributed by atoms with E-state index in [0.717, 1.165) is 43.6 Å². The topological polar surface area (TPSA) is 69.9 Å². The number of benzene rings is 1. The highest BCUT2D eigenvalue weighted by molar-refractivity contribution is 9.10. The zero-order valence-corrected chi connectivity index (χ0v) is 17.5. The lowest BCUT2D eigenvalue weighted by molar-refractivity contribution is 0.185. The predicted molar refractivity (Wildman–Crippen MR) is 111 cm³/mol. The predicted octanol–water partition coefficient (Wildman–Crippen LogP) is 4.17. The largest absolute Gasteiger partial charge is 0.380 e. The standard InChI is InChI=1S/C19H17BrN4O2S/c1-4-11-7-5-6-8-13(11)24-19(25)17-16(22-23-24)14-12(9-26-3)15(20)10(2)21-18(14)27-17/h5-8H,4,9H2,1-3H3. The highest BCUT2D eigenvalue weighted by atomic mass is 79.9. The lowest BCUT2D eigenvalue weighted by Gasteiger charge is -2.09. The first-order valence-corrected chi connectivity index (χ1v) is 10.1. The number of methoxy groups -OCH3 is 1. The molecule has 0 aliphatic heterocycles. The molecule has 6 nitrogen and oxygen atoms in total. The van der Waals surface area contributed by atoms with Crippen molar-refractivity contribution in [2.75, 3.05) is 7.11 Å². The molecule has 4 rings (SSSR count). The number of aromatic nitrogens is 4. The van der Waals surface area contributed by atoms with Gasteiger partial charge in [0.05, 0.1) is 18.0 Å². The van der Waals surface area contributed by atoms with E-state index < -0.39 is 0 Å². The average Bonchev–Trinajstić information content (AvgIpc) is 3.04. The maximum atomic E-state index is 13.2. The molecule has 3 aromatic heterocycles. The van der Waals surface area contributed by atoms with E-state index in [9.17, 15) is 4.79 Å². The van der Waals surface area contributed by atoms with E-state index in [1.165, 1.54) is 16.0 Å². The SMILES string of the molecule is CCc1ccccc1-n1nnc2c(sc3nc(C)c(Br)c(COC)c32)c1=O. The number of rotatable bonds is 4. The Morgan fingerprint density at radius 1 is 1.30 bits per heavy atom. The van der Waals surface area contributed by atoms with Gasteiger partial charge in [0.15, 0.2) is 0 Å². The Hall–Kier alpha value is -2.16. The van der Waals surface area contributed by atoms with Crippen LogP contribution in [0.15, 0.2) is 33.5 Å². The van der Waals surface area contributed by atoms with Gasteiger partial charge in [-0.05, 0) is 40.9 Å². The van der Waals surface area contributed by atoms with Gasteiger partial charge < -0.3 is 4.74 Å². The van der Waals surface area contributed by atoms with E-state index in [0.29, 0.717) is 16.8 Å². The second kappa shape index (κ2) is 7.10. The minimum Gasteiger partial charge on any atom is -0.380 e. The Labute approximate surface area is 167 Å². The van der Waals surface area contributed by atoms with Crippen molar-refractivity contribution in [1.29, 1.82) is 0 Å². The van der Waals surface area contributed by atoms with Crippen LogP contribution in [0.5, 0.6) is 0 Å². The van der Waals surface area contributed by atoms with Crippen LogP contribution in [-0.2, 0) is 17.8 Å². The Balaban J connectivity index is 2.07. The summed E-state index contributed by atoms with van der Waals surface area (Å²) in [5, 5.41) is 9.47. The van der Waals surface area contributed by atoms with Gasteiger partial charge in [-0.15, -0.1) is 16.4 Å². The molecule has 4 aromatic rings. The number of fused-ring (bicyclic) bond motifs is 3. The fourth-order valence-electron chi connectivity index (χ4n) is 3.21. The van der Waals surface area contributed by atoms with E-state index in [1.54, 1.807) is 7.11 Å². The highest BCUT2D eigenvalue weighted by Gasteiger charge is 2.20. The minimum atomic E-state index is -0.180. The van der Waals surface area contributed by atoms with Gasteiger partial charge in [0, 0.05) is 22.5 Å². The number of aryl methyl sites for hydroxylation is 2. The molecule has 0 atom stereocenters. The van der Waals surface area contributed by atoms with Crippen molar-refractivity contribution >= 4 is 47.7 Å². The molecule has 0 bridgehead atoms. The Morgan fingerprint density at radius 2 is 2.07 bits per heavy atom. The monoisotopic (exact) mass is 444 g/mol. The summed E-state index contributed by atoms with van der Waals surface area (Å²) in [6, 6.07) is 7.75.